The Hall–Kier alpha value is -0.318. The first-order valence-electron chi connectivity index (χ1n) is 4.32. The largest absolute Gasteiger partial charge is 0.378 e. The van der Waals surface area contributed by atoms with Crippen molar-refractivity contribution in [3.05, 3.63) is 48.5 Å². The fourth-order valence-electron chi connectivity index (χ4n) is 1.73. The van der Waals surface area contributed by atoms with Gasteiger partial charge in [-0.1, -0.05) is 23.7 Å². The Bertz CT molecular complexity index is 518. The van der Waals surface area contributed by atoms with Crippen LogP contribution in [0.2, 0.25) is 0 Å². The van der Waals surface area contributed by atoms with Crippen molar-refractivity contribution in [1.29, 1.82) is 0 Å². The topological polar surface area (TPSA) is 15.8 Å². The van der Waals surface area contributed by atoms with Crippen molar-refractivity contribution < 1.29 is 44.1 Å². The molecule has 0 aliphatic heterocycles. The molecule has 1 nitrogen and oxygen atoms in total. The number of hydrogen-bond donors (Lipinski definition) is 1. The first-order valence-corrected chi connectivity index (χ1v) is 4.32. The Balaban J connectivity index is 0.000000750. The molecule has 14 heavy (non-hydrogen) atoms. The van der Waals surface area contributed by atoms with Crippen molar-refractivity contribution in [3.63, 3.8) is 0 Å². The molecule has 1 radical (unpaired) electrons. The number of benzene rings is 2. The Labute approximate surface area is 118 Å². The van der Waals surface area contributed by atoms with E-state index in [-0.39, 0.29) is 44.1 Å². The minimum absolute atomic E-state index is 0. The van der Waals surface area contributed by atoms with Crippen LogP contribution in [-0.4, -0.2) is 4.98 Å². The maximum absolute atomic E-state index is 3.32. The van der Waals surface area contributed by atoms with Crippen molar-refractivity contribution in [2.75, 3.05) is 0 Å². The number of para-hydroxylation sites is 2. The van der Waals surface area contributed by atoms with Gasteiger partial charge in [-0.25, -0.2) is 0 Å². The number of nitrogens with one attached hydrogen (secondary N) is 1. The summed E-state index contributed by atoms with van der Waals surface area (Å²) in [6.07, 6.45) is 0. The van der Waals surface area contributed by atoms with Crippen molar-refractivity contribution in [2.24, 2.45) is 0 Å². The van der Waals surface area contributed by atoms with E-state index in [1.807, 2.05) is 18.2 Å². The van der Waals surface area contributed by atoms with Crippen molar-refractivity contribution in [3.8, 4) is 0 Å². The summed E-state index contributed by atoms with van der Waals surface area (Å²) in [7, 11) is 0. The van der Waals surface area contributed by atoms with Gasteiger partial charge in [0.2, 0.25) is 0 Å². The Morgan fingerprint density at radius 3 is 2.64 bits per heavy atom. The molecule has 2 heteroatoms. The molecule has 0 bridgehead atoms. The fourth-order valence-corrected chi connectivity index (χ4v) is 1.73. The van der Waals surface area contributed by atoms with E-state index in [0.717, 1.165) is 5.52 Å². The first-order chi connectivity index (χ1) is 6.45. The van der Waals surface area contributed by atoms with Gasteiger partial charge in [-0.15, -0.1) is 5.39 Å². The molecule has 0 atom stereocenters. The molecule has 0 amide bonds. The predicted octanol–water partition coefficient (Wildman–Crippen LogP) is 3.12. The van der Waals surface area contributed by atoms with Gasteiger partial charge < -0.3 is 4.98 Å². The van der Waals surface area contributed by atoms with Crippen molar-refractivity contribution in [2.45, 2.75) is 0 Å². The number of aromatic amines is 1. The van der Waals surface area contributed by atoms with Gasteiger partial charge in [0.1, 0.15) is 0 Å². The van der Waals surface area contributed by atoms with Crippen LogP contribution in [0.1, 0.15) is 0 Å². The molecule has 65 valence electrons. The molecular weight excluding hydrogens is 385 g/mol. The van der Waals surface area contributed by atoms with Crippen LogP contribution in [0.15, 0.2) is 42.5 Å². The average molecular weight is 393 g/mol. The standard InChI is InChI=1S/C12H8N.Ac/c1-3-7-11-9(5-1)10-6-2-4-8-12(10)13-11;/h1-7,13H;/q-1;. The maximum atomic E-state index is 3.32. The zero-order chi connectivity index (χ0) is 8.67. The van der Waals surface area contributed by atoms with E-state index >= 15 is 0 Å². The first kappa shape index (κ1) is 10.2. The van der Waals surface area contributed by atoms with Crippen LogP contribution in [0.4, 0.5) is 0 Å². The second-order valence-electron chi connectivity index (χ2n) is 3.13. The molecule has 2 aromatic carbocycles. The minimum Gasteiger partial charge on any atom is -0.378 e. The van der Waals surface area contributed by atoms with E-state index in [0.29, 0.717) is 0 Å². The van der Waals surface area contributed by atoms with E-state index in [2.05, 4.69) is 35.3 Å². The van der Waals surface area contributed by atoms with E-state index in [1.54, 1.807) is 0 Å². The molecule has 0 unspecified atom stereocenters. The molecule has 1 heterocycles. The van der Waals surface area contributed by atoms with Gasteiger partial charge >= 0.3 is 0 Å². The number of H-pyrrole nitrogens is 1. The van der Waals surface area contributed by atoms with Crippen LogP contribution in [0.5, 0.6) is 0 Å². The smallest absolute Gasteiger partial charge is 0.0322 e. The van der Waals surface area contributed by atoms with Gasteiger partial charge in [-0.05, 0) is 11.5 Å². The Kier molecular flexibility index (Phi) is 2.95. The summed E-state index contributed by atoms with van der Waals surface area (Å²) in [5.74, 6) is 0. The molecular formula is C12H8AcN-. The van der Waals surface area contributed by atoms with Crippen LogP contribution in [0, 0.1) is 50.1 Å². The van der Waals surface area contributed by atoms with Crippen LogP contribution in [0.25, 0.3) is 21.8 Å². The van der Waals surface area contributed by atoms with E-state index in [9.17, 15) is 0 Å². The third-order valence-electron chi connectivity index (χ3n) is 2.33. The van der Waals surface area contributed by atoms with Crippen LogP contribution in [-0.2, 0) is 0 Å². The summed E-state index contributed by atoms with van der Waals surface area (Å²) in [6, 6.07) is 17.6. The van der Waals surface area contributed by atoms with Crippen LogP contribution in [0.3, 0.4) is 0 Å². The predicted molar refractivity (Wildman–Crippen MR) is 54.6 cm³/mol. The zero-order valence-corrected chi connectivity index (χ0v) is 12.4. The average Bonchev–Trinajstić information content (AvgIpc) is 2.56. The van der Waals surface area contributed by atoms with E-state index < -0.39 is 0 Å². The fraction of sp³-hybridized carbons (Fsp3) is 0. The van der Waals surface area contributed by atoms with Gasteiger partial charge in [0.05, 0.1) is 0 Å². The zero-order valence-electron chi connectivity index (χ0n) is 7.62. The second kappa shape index (κ2) is 4.05. The van der Waals surface area contributed by atoms with E-state index in [4.69, 9.17) is 0 Å². The molecule has 3 aromatic rings. The molecule has 1 aromatic heterocycles. The third kappa shape index (κ3) is 1.51. The Morgan fingerprint density at radius 1 is 0.929 bits per heavy atom. The van der Waals surface area contributed by atoms with Gasteiger partial charge in [-0.2, -0.15) is 24.3 Å². The Morgan fingerprint density at radius 2 is 1.71 bits per heavy atom. The summed E-state index contributed by atoms with van der Waals surface area (Å²) in [5.41, 5.74) is 2.27. The number of aromatic nitrogens is 1. The summed E-state index contributed by atoms with van der Waals surface area (Å²) in [5, 5.41) is 2.52. The minimum atomic E-state index is 0. The maximum Gasteiger partial charge on any atom is 0.0322 e. The molecule has 0 spiro atoms. The molecule has 0 aliphatic carbocycles. The van der Waals surface area contributed by atoms with Gasteiger partial charge in [-0.3, -0.25) is 0 Å². The summed E-state index contributed by atoms with van der Waals surface area (Å²) >= 11 is 0. The molecule has 0 fully saturated rings. The number of hydrogen-bond acceptors (Lipinski definition) is 0. The molecule has 3 rings (SSSR count). The second-order valence-corrected chi connectivity index (χ2v) is 3.13. The molecule has 0 saturated heterocycles. The van der Waals surface area contributed by atoms with E-state index in [1.165, 1.54) is 16.3 Å². The number of rotatable bonds is 0. The van der Waals surface area contributed by atoms with Crippen molar-refractivity contribution in [1.82, 2.24) is 4.98 Å². The molecule has 0 saturated carbocycles. The van der Waals surface area contributed by atoms with Crippen LogP contribution < -0.4 is 0 Å². The van der Waals surface area contributed by atoms with Gasteiger partial charge in [0.25, 0.3) is 0 Å². The SMILES string of the molecule is [Ac].[c-]1cccc2c1[nH]c1ccccc12. The van der Waals surface area contributed by atoms with Gasteiger partial charge in [0.15, 0.2) is 0 Å². The van der Waals surface area contributed by atoms with Gasteiger partial charge in [0, 0.05) is 49.6 Å². The summed E-state index contributed by atoms with van der Waals surface area (Å²) < 4.78 is 0. The van der Waals surface area contributed by atoms with Crippen LogP contribution >= 0.6 is 0 Å². The molecule has 0 aliphatic rings. The normalized spacial score (nSPS) is 10.3. The molecule has 1 N–H and O–H groups in total. The monoisotopic (exact) mass is 393 g/mol. The van der Waals surface area contributed by atoms with Crippen molar-refractivity contribution >= 4 is 21.8 Å². The summed E-state index contributed by atoms with van der Waals surface area (Å²) in [6.45, 7) is 0. The summed E-state index contributed by atoms with van der Waals surface area (Å²) in [4.78, 5) is 3.32. The quantitative estimate of drug-likeness (QED) is 0.565. The number of fused-ring (bicyclic) bond motifs is 3. The third-order valence-corrected chi connectivity index (χ3v) is 2.33.